The molecule has 0 amide bonds. The van der Waals surface area contributed by atoms with Gasteiger partial charge in [-0.25, -0.2) is 9.78 Å². The van der Waals surface area contributed by atoms with Crippen LogP contribution in [0.1, 0.15) is 29.9 Å². The van der Waals surface area contributed by atoms with Crippen molar-refractivity contribution in [3.8, 4) is 0 Å². The standard InChI is InChI=1S/C13H18N2O2S/c1-9-10(12(16)17)4-5-11(14-9)15-6-7-18-13(2,3)8-15/h4-5H,6-8H2,1-3H3,(H,16,17). The highest BCUT2D eigenvalue weighted by Gasteiger charge is 2.28. The van der Waals surface area contributed by atoms with Crippen LogP contribution in [0.15, 0.2) is 12.1 Å². The van der Waals surface area contributed by atoms with Gasteiger partial charge in [-0.3, -0.25) is 0 Å². The topological polar surface area (TPSA) is 53.4 Å². The summed E-state index contributed by atoms with van der Waals surface area (Å²) < 4.78 is 0.222. The summed E-state index contributed by atoms with van der Waals surface area (Å²) in [5.41, 5.74) is 0.862. The lowest BCUT2D eigenvalue weighted by atomic mass is 10.1. The zero-order chi connectivity index (χ0) is 13.3. The second-order valence-electron chi connectivity index (χ2n) is 5.14. The minimum Gasteiger partial charge on any atom is -0.478 e. The van der Waals surface area contributed by atoms with Crippen molar-refractivity contribution in [2.75, 3.05) is 23.7 Å². The molecule has 1 aliphatic heterocycles. The summed E-state index contributed by atoms with van der Waals surface area (Å²) in [7, 11) is 0. The number of aromatic nitrogens is 1. The van der Waals surface area contributed by atoms with Gasteiger partial charge in [0.25, 0.3) is 0 Å². The Hall–Kier alpha value is -1.23. The number of aromatic carboxylic acids is 1. The van der Waals surface area contributed by atoms with Gasteiger partial charge in [0.2, 0.25) is 0 Å². The molecule has 1 aromatic rings. The van der Waals surface area contributed by atoms with Crippen molar-refractivity contribution in [2.45, 2.75) is 25.5 Å². The van der Waals surface area contributed by atoms with Gasteiger partial charge in [0.05, 0.1) is 11.3 Å². The maximum atomic E-state index is 11.0. The number of pyridine rings is 1. The SMILES string of the molecule is Cc1nc(N2CCSC(C)(C)C2)ccc1C(=O)O. The molecule has 18 heavy (non-hydrogen) atoms. The first-order valence-corrected chi connectivity index (χ1v) is 6.97. The van der Waals surface area contributed by atoms with E-state index in [1.54, 1.807) is 13.0 Å². The Morgan fingerprint density at radius 3 is 2.78 bits per heavy atom. The molecule has 1 N–H and O–H groups in total. The highest BCUT2D eigenvalue weighted by molar-refractivity contribution is 8.00. The highest BCUT2D eigenvalue weighted by Crippen LogP contribution is 2.31. The van der Waals surface area contributed by atoms with Gasteiger partial charge in [0.15, 0.2) is 0 Å². The van der Waals surface area contributed by atoms with Crippen LogP contribution >= 0.6 is 11.8 Å². The number of carbonyl (C=O) groups is 1. The molecular weight excluding hydrogens is 248 g/mol. The number of carboxylic acids is 1. The summed E-state index contributed by atoms with van der Waals surface area (Å²) in [6, 6.07) is 3.46. The fourth-order valence-corrected chi connectivity index (χ4v) is 3.27. The Balaban J connectivity index is 2.24. The lowest BCUT2D eigenvalue weighted by molar-refractivity contribution is 0.0695. The summed E-state index contributed by atoms with van der Waals surface area (Å²) >= 11 is 1.97. The fraction of sp³-hybridized carbons (Fsp3) is 0.538. The van der Waals surface area contributed by atoms with Crippen molar-refractivity contribution in [2.24, 2.45) is 0 Å². The first-order chi connectivity index (χ1) is 8.39. The number of aryl methyl sites for hydroxylation is 1. The molecule has 2 rings (SSSR count). The Kier molecular flexibility index (Phi) is 3.52. The average molecular weight is 266 g/mol. The average Bonchev–Trinajstić information content (AvgIpc) is 2.27. The molecule has 0 spiro atoms. The monoisotopic (exact) mass is 266 g/mol. The highest BCUT2D eigenvalue weighted by atomic mass is 32.2. The quantitative estimate of drug-likeness (QED) is 0.891. The summed E-state index contributed by atoms with van der Waals surface area (Å²) in [5.74, 6) is 1.04. The first kappa shape index (κ1) is 13.2. The lowest BCUT2D eigenvalue weighted by Crippen LogP contribution is -2.43. The Morgan fingerprint density at radius 1 is 1.50 bits per heavy atom. The summed E-state index contributed by atoms with van der Waals surface area (Å²) in [6.45, 7) is 8.10. The molecule has 0 aromatic carbocycles. The van der Waals surface area contributed by atoms with Gasteiger partial charge < -0.3 is 10.0 Å². The minimum atomic E-state index is -0.916. The molecule has 98 valence electrons. The van der Waals surface area contributed by atoms with Crippen LogP contribution in [0.25, 0.3) is 0 Å². The third-order valence-corrected chi connectivity index (χ3v) is 4.35. The van der Waals surface area contributed by atoms with Crippen molar-refractivity contribution in [3.63, 3.8) is 0 Å². The molecule has 1 aromatic heterocycles. The Bertz CT molecular complexity index is 474. The van der Waals surface area contributed by atoms with Crippen molar-refractivity contribution in [1.29, 1.82) is 0 Å². The fourth-order valence-electron chi connectivity index (χ4n) is 2.16. The predicted octanol–water partition coefficient (Wildman–Crippen LogP) is 2.42. The van der Waals surface area contributed by atoms with Crippen LogP contribution in [-0.4, -0.2) is 39.6 Å². The number of hydrogen-bond donors (Lipinski definition) is 1. The molecule has 1 saturated heterocycles. The van der Waals surface area contributed by atoms with Gasteiger partial charge in [0.1, 0.15) is 5.82 Å². The summed E-state index contributed by atoms with van der Waals surface area (Å²) in [6.07, 6.45) is 0. The van der Waals surface area contributed by atoms with Crippen molar-refractivity contribution < 1.29 is 9.90 Å². The van der Waals surface area contributed by atoms with Gasteiger partial charge >= 0.3 is 5.97 Å². The van der Waals surface area contributed by atoms with Gasteiger partial charge in [-0.15, -0.1) is 0 Å². The van der Waals surface area contributed by atoms with E-state index in [0.717, 1.165) is 24.7 Å². The molecule has 1 aliphatic rings. The van der Waals surface area contributed by atoms with E-state index < -0.39 is 5.97 Å². The van der Waals surface area contributed by atoms with Crippen molar-refractivity contribution in [3.05, 3.63) is 23.4 Å². The van der Waals surface area contributed by atoms with Crippen LogP contribution in [0.4, 0.5) is 5.82 Å². The van der Waals surface area contributed by atoms with Crippen molar-refractivity contribution >= 4 is 23.5 Å². The number of carboxylic acid groups (broad SMARTS) is 1. The van der Waals surface area contributed by atoms with Crippen LogP contribution in [0, 0.1) is 6.92 Å². The molecule has 0 unspecified atom stereocenters. The molecule has 0 atom stereocenters. The predicted molar refractivity (Wildman–Crippen MR) is 74.7 cm³/mol. The van der Waals surface area contributed by atoms with Gasteiger partial charge in [-0.2, -0.15) is 11.8 Å². The smallest absolute Gasteiger partial charge is 0.337 e. The van der Waals surface area contributed by atoms with Crippen molar-refractivity contribution in [1.82, 2.24) is 4.98 Å². The minimum absolute atomic E-state index is 0.222. The van der Waals surface area contributed by atoms with Gasteiger partial charge in [-0.05, 0) is 32.9 Å². The lowest BCUT2D eigenvalue weighted by Gasteiger charge is -2.38. The molecular formula is C13H18N2O2S. The molecule has 0 aliphatic carbocycles. The Labute approximate surface area is 111 Å². The van der Waals surface area contributed by atoms with E-state index in [-0.39, 0.29) is 10.3 Å². The first-order valence-electron chi connectivity index (χ1n) is 5.99. The summed E-state index contributed by atoms with van der Waals surface area (Å²) in [4.78, 5) is 17.6. The molecule has 0 saturated carbocycles. The van der Waals surface area contributed by atoms with Crippen LogP contribution < -0.4 is 4.90 Å². The van der Waals surface area contributed by atoms with E-state index >= 15 is 0 Å². The number of thioether (sulfide) groups is 1. The van der Waals surface area contributed by atoms with E-state index in [1.807, 2.05) is 17.8 Å². The normalized spacial score (nSPS) is 18.7. The Morgan fingerprint density at radius 2 is 2.22 bits per heavy atom. The van der Waals surface area contributed by atoms with Crippen LogP contribution in [0.5, 0.6) is 0 Å². The zero-order valence-electron chi connectivity index (χ0n) is 10.9. The molecule has 0 bridgehead atoms. The maximum Gasteiger partial charge on any atom is 0.337 e. The second kappa shape index (κ2) is 4.80. The molecule has 0 radical (unpaired) electrons. The number of anilines is 1. The van der Waals surface area contributed by atoms with Crippen LogP contribution in [-0.2, 0) is 0 Å². The van der Waals surface area contributed by atoms with E-state index in [1.165, 1.54) is 0 Å². The van der Waals surface area contributed by atoms with E-state index in [9.17, 15) is 4.79 Å². The van der Waals surface area contributed by atoms with E-state index in [4.69, 9.17) is 5.11 Å². The van der Waals surface area contributed by atoms with Crippen LogP contribution in [0.3, 0.4) is 0 Å². The number of nitrogens with zero attached hydrogens (tertiary/aromatic N) is 2. The van der Waals surface area contributed by atoms with Gasteiger partial charge in [-0.1, -0.05) is 0 Å². The van der Waals surface area contributed by atoms with Crippen LogP contribution in [0.2, 0.25) is 0 Å². The third-order valence-electron chi connectivity index (χ3n) is 3.05. The number of rotatable bonds is 2. The zero-order valence-corrected chi connectivity index (χ0v) is 11.8. The molecule has 5 heteroatoms. The van der Waals surface area contributed by atoms with Gasteiger partial charge in [0, 0.05) is 23.6 Å². The van der Waals surface area contributed by atoms with E-state index in [0.29, 0.717) is 5.69 Å². The number of hydrogen-bond acceptors (Lipinski definition) is 4. The second-order valence-corrected chi connectivity index (χ2v) is 6.94. The largest absolute Gasteiger partial charge is 0.478 e. The third kappa shape index (κ3) is 2.77. The molecule has 1 fully saturated rings. The molecule has 4 nitrogen and oxygen atoms in total. The maximum absolute atomic E-state index is 11.0. The summed E-state index contributed by atoms with van der Waals surface area (Å²) in [5, 5.41) is 8.99. The molecule has 2 heterocycles. The van der Waals surface area contributed by atoms with E-state index in [2.05, 4.69) is 23.7 Å².